The summed E-state index contributed by atoms with van der Waals surface area (Å²) in [6.07, 6.45) is 3.93. The molecule has 1 aromatic rings. The molecule has 0 spiro atoms. The Morgan fingerprint density at radius 3 is 3.00 bits per heavy atom. The molecule has 0 aliphatic heterocycles. The molecule has 1 N–H and O–H groups in total. The molecule has 0 atom stereocenters. The van der Waals surface area contributed by atoms with Gasteiger partial charge in [0, 0.05) is 16.3 Å². The van der Waals surface area contributed by atoms with Gasteiger partial charge in [-0.1, -0.05) is 36.0 Å². The molecule has 0 aliphatic carbocycles. The highest BCUT2D eigenvalue weighted by Gasteiger charge is 1.95. The van der Waals surface area contributed by atoms with E-state index in [1.54, 1.807) is 11.8 Å². The summed E-state index contributed by atoms with van der Waals surface area (Å²) in [6.45, 7) is 9.10. The Kier molecular flexibility index (Phi) is 5.05. The second-order valence-electron chi connectivity index (χ2n) is 3.28. The van der Waals surface area contributed by atoms with Crippen molar-refractivity contribution in [2.75, 3.05) is 6.54 Å². The number of rotatable bonds is 5. The first-order valence-corrected chi connectivity index (χ1v) is 5.87. The zero-order chi connectivity index (χ0) is 11.1. The predicted molar refractivity (Wildman–Crippen MR) is 69.0 cm³/mol. The molecule has 0 aliphatic rings. The normalized spacial score (nSPS) is 10.5. The molecule has 0 saturated carbocycles. The van der Waals surface area contributed by atoms with E-state index in [2.05, 4.69) is 50.0 Å². The van der Waals surface area contributed by atoms with Crippen LogP contribution in [0.5, 0.6) is 0 Å². The maximum atomic E-state index is 3.99. The monoisotopic (exact) mass is 219 g/mol. The number of nitrogens with one attached hydrogen (secondary N) is 1. The van der Waals surface area contributed by atoms with Crippen LogP contribution in [0.2, 0.25) is 0 Å². The van der Waals surface area contributed by atoms with Gasteiger partial charge in [-0.2, -0.15) is 0 Å². The van der Waals surface area contributed by atoms with E-state index >= 15 is 0 Å². The summed E-state index contributed by atoms with van der Waals surface area (Å²) in [5.74, 6) is 0. The highest BCUT2D eigenvalue weighted by molar-refractivity contribution is 8.03. The second-order valence-corrected chi connectivity index (χ2v) is 4.48. The largest absolute Gasteiger partial charge is 0.391 e. The summed E-state index contributed by atoms with van der Waals surface area (Å²) in [7, 11) is 0. The molecule has 0 bridgehead atoms. The first kappa shape index (κ1) is 11.9. The summed E-state index contributed by atoms with van der Waals surface area (Å²) in [6, 6.07) is 8.43. The lowest BCUT2D eigenvalue weighted by Gasteiger charge is -2.02. The van der Waals surface area contributed by atoms with E-state index < -0.39 is 0 Å². The zero-order valence-corrected chi connectivity index (χ0v) is 10.1. The molecule has 1 aromatic carbocycles. The minimum atomic E-state index is 0.943. The van der Waals surface area contributed by atoms with Gasteiger partial charge in [0.25, 0.3) is 0 Å². The molecular weight excluding hydrogens is 202 g/mol. The quantitative estimate of drug-likeness (QED) is 0.598. The molecule has 0 unspecified atom stereocenters. The summed E-state index contributed by atoms with van der Waals surface area (Å²) >= 11 is 1.69. The minimum Gasteiger partial charge on any atom is -0.391 e. The van der Waals surface area contributed by atoms with E-state index in [1.165, 1.54) is 10.5 Å². The van der Waals surface area contributed by atoms with Gasteiger partial charge in [0.1, 0.15) is 0 Å². The van der Waals surface area contributed by atoms with Gasteiger partial charge in [-0.15, -0.1) is 0 Å². The average Bonchev–Trinajstić information content (AvgIpc) is 2.18. The third-order valence-corrected chi connectivity index (χ3v) is 2.72. The van der Waals surface area contributed by atoms with Crippen LogP contribution in [-0.4, -0.2) is 6.54 Å². The van der Waals surface area contributed by atoms with E-state index in [0.29, 0.717) is 0 Å². The molecule has 0 heterocycles. The SMILES string of the molecule is C=C(/C=C\NCC)Sc1cccc(C)c1. The maximum Gasteiger partial charge on any atom is 0.0124 e. The molecule has 0 saturated heterocycles. The van der Waals surface area contributed by atoms with Crippen molar-refractivity contribution in [3.63, 3.8) is 0 Å². The van der Waals surface area contributed by atoms with Crippen molar-refractivity contribution in [1.29, 1.82) is 0 Å². The lowest BCUT2D eigenvalue weighted by atomic mass is 10.2. The first-order valence-electron chi connectivity index (χ1n) is 5.05. The van der Waals surface area contributed by atoms with E-state index in [1.807, 2.05) is 12.3 Å². The van der Waals surface area contributed by atoms with Crippen molar-refractivity contribution in [3.8, 4) is 0 Å². The molecule has 0 radical (unpaired) electrons. The van der Waals surface area contributed by atoms with Crippen LogP contribution in [0, 0.1) is 6.92 Å². The van der Waals surface area contributed by atoms with Gasteiger partial charge in [0.05, 0.1) is 0 Å². The van der Waals surface area contributed by atoms with Crippen LogP contribution in [0.1, 0.15) is 12.5 Å². The van der Waals surface area contributed by atoms with Gasteiger partial charge in [-0.25, -0.2) is 0 Å². The van der Waals surface area contributed by atoms with Crippen LogP contribution >= 0.6 is 11.8 Å². The number of hydrogen-bond donors (Lipinski definition) is 1. The number of benzene rings is 1. The highest BCUT2D eigenvalue weighted by atomic mass is 32.2. The van der Waals surface area contributed by atoms with E-state index in [4.69, 9.17) is 0 Å². The fraction of sp³-hybridized carbons (Fsp3) is 0.231. The fourth-order valence-corrected chi connectivity index (χ4v) is 1.96. The van der Waals surface area contributed by atoms with Crippen LogP contribution in [0.4, 0.5) is 0 Å². The Labute approximate surface area is 96.3 Å². The van der Waals surface area contributed by atoms with Gasteiger partial charge in [0.2, 0.25) is 0 Å². The Bertz CT molecular complexity index is 355. The summed E-state index contributed by atoms with van der Waals surface area (Å²) < 4.78 is 0. The molecule has 2 heteroatoms. The lowest BCUT2D eigenvalue weighted by Crippen LogP contribution is -2.01. The van der Waals surface area contributed by atoms with Gasteiger partial charge < -0.3 is 5.32 Å². The second kappa shape index (κ2) is 6.36. The molecular formula is C13H17NS. The van der Waals surface area contributed by atoms with Gasteiger partial charge in [-0.05, 0) is 38.3 Å². The Hall–Kier alpha value is -1.15. The topological polar surface area (TPSA) is 12.0 Å². The van der Waals surface area contributed by atoms with E-state index in [-0.39, 0.29) is 0 Å². The van der Waals surface area contributed by atoms with Crippen molar-refractivity contribution in [2.45, 2.75) is 18.7 Å². The smallest absolute Gasteiger partial charge is 0.0124 e. The third-order valence-electron chi connectivity index (χ3n) is 1.83. The zero-order valence-electron chi connectivity index (χ0n) is 9.29. The molecule has 80 valence electrons. The molecule has 0 amide bonds. The van der Waals surface area contributed by atoms with Crippen molar-refractivity contribution >= 4 is 11.8 Å². The van der Waals surface area contributed by atoms with Crippen LogP contribution in [0.3, 0.4) is 0 Å². The molecule has 15 heavy (non-hydrogen) atoms. The molecule has 0 fully saturated rings. The number of allylic oxidation sites excluding steroid dienone is 1. The van der Waals surface area contributed by atoms with E-state index in [9.17, 15) is 0 Å². The lowest BCUT2D eigenvalue weighted by molar-refractivity contribution is 0.919. The third kappa shape index (κ3) is 4.75. The maximum absolute atomic E-state index is 3.99. The molecule has 1 nitrogen and oxygen atoms in total. The van der Waals surface area contributed by atoms with Crippen molar-refractivity contribution in [1.82, 2.24) is 5.32 Å². The molecule has 0 aromatic heterocycles. The van der Waals surface area contributed by atoms with Crippen LogP contribution in [-0.2, 0) is 0 Å². The van der Waals surface area contributed by atoms with Gasteiger partial charge in [0.15, 0.2) is 0 Å². The number of aryl methyl sites for hydroxylation is 1. The van der Waals surface area contributed by atoms with Gasteiger partial charge in [-0.3, -0.25) is 0 Å². The summed E-state index contributed by atoms with van der Waals surface area (Å²) in [5.41, 5.74) is 1.28. The molecule has 1 rings (SSSR count). The fourth-order valence-electron chi connectivity index (χ4n) is 1.13. The van der Waals surface area contributed by atoms with Gasteiger partial charge >= 0.3 is 0 Å². The Morgan fingerprint density at radius 1 is 1.53 bits per heavy atom. The van der Waals surface area contributed by atoms with Crippen molar-refractivity contribution in [3.05, 3.63) is 53.6 Å². The predicted octanol–water partition coefficient (Wildman–Crippen LogP) is 3.72. The average molecular weight is 219 g/mol. The van der Waals surface area contributed by atoms with Crippen LogP contribution < -0.4 is 5.32 Å². The number of hydrogen-bond acceptors (Lipinski definition) is 2. The summed E-state index contributed by atoms with van der Waals surface area (Å²) in [5, 5.41) is 3.12. The minimum absolute atomic E-state index is 0.943. The highest BCUT2D eigenvalue weighted by Crippen LogP contribution is 2.26. The first-order chi connectivity index (χ1) is 7.22. The Balaban J connectivity index is 2.51. The van der Waals surface area contributed by atoms with Crippen LogP contribution in [0.25, 0.3) is 0 Å². The standard InChI is InChI=1S/C13H17NS/c1-4-14-9-8-12(3)15-13-7-5-6-11(2)10-13/h5-10,14H,3-4H2,1-2H3/b9-8-. The van der Waals surface area contributed by atoms with Crippen molar-refractivity contribution in [2.24, 2.45) is 0 Å². The van der Waals surface area contributed by atoms with Crippen molar-refractivity contribution < 1.29 is 0 Å². The Morgan fingerprint density at radius 2 is 2.33 bits per heavy atom. The van der Waals surface area contributed by atoms with E-state index in [0.717, 1.165) is 11.4 Å². The number of thioether (sulfide) groups is 1. The van der Waals surface area contributed by atoms with Crippen LogP contribution in [0.15, 0.2) is 52.9 Å². The summed E-state index contributed by atoms with van der Waals surface area (Å²) in [4.78, 5) is 2.28.